The highest BCUT2D eigenvalue weighted by molar-refractivity contribution is 7.80. The van der Waals surface area contributed by atoms with Gasteiger partial charge in [-0.3, -0.25) is 19.7 Å². The van der Waals surface area contributed by atoms with Gasteiger partial charge in [-0.15, -0.1) is 0 Å². The van der Waals surface area contributed by atoms with Crippen molar-refractivity contribution in [1.29, 1.82) is 0 Å². The molecule has 0 bridgehead atoms. The van der Waals surface area contributed by atoms with E-state index < -0.39 is 17.9 Å². The Hall–Kier alpha value is -2.72. The number of amides is 2. The van der Waals surface area contributed by atoms with Crippen LogP contribution in [-0.4, -0.2) is 73.4 Å². The van der Waals surface area contributed by atoms with E-state index in [2.05, 4.69) is 10.6 Å². The Kier molecular flexibility index (Phi) is 11.0. The Bertz CT molecular complexity index is 815. The predicted octanol–water partition coefficient (Wildman–Crippen LogP) is 1.90. The first-order valence-corrected chi connectivity index (χ1v) is 11.6. The van der Waals surface area contributed by atoms with Gasteiger partial charge in [0.2, 0.25) is 5.91 Å². The van der Waals surface area contributed by atoms with Crippen molar-refractivity contribution in [1.82, 2.24) is 15.5 Å². The monoisotopic (exact) mass is 479 g/mol. The van der Waals surface area contributed by atoms with Crippen molar-refractivity contribution in [2.75, 3.05) is 39.5 Å². The summed E-state index contributed by atoms with van der Waals surface area (Å²) in [7, 11) is 0. The number of hydrogen-bond acceptors (Lipinski definition) is 7. The number of ether oxygens (including phenoxy) is 3. The highest BCUT2D eigenvalue weighted by Crippen LogP contribution is 2.14. The van der Waals surface area contributed by atoms with Crippen LogP contribution in [0.2, 0.25) is 0 Å². The van der Waals surface area contributed by atoms with Gasteiger partial charge in [0.25, 0.3) is 5.91 Å². The zero-order valence-electron chi connectivity index (χ0n) is 19.4. The number of hydrogen-bond donors (Lipinski definition) is 2. The van der Waals surface area contributed by atoms with Crippen LogP contribution in [0.15, 0.2) is 24.3 Å². The van der Waals surface area contributed by atoms with Crippen LogP contribution < -0.4 is 15.4 Å². The van der Waals surface area contributed by atoms with E-state index in [1.54, 1.807) is 29.2 Å². The van der Waals surface area contributed by atoms with Gasteiger partial charge in [-0.2, -0.15) is 0 Å². The summed E-state index contributed by atoms with van der Waals surface area (Å²) in [4.78, 5) is 38.8. The van der Waals surface area contributed by atoms with Crippen molar-refractivity contribution in [3.05, 3.63) is 29.8 Å². The van der Waals surface area contributed by atoms with E-state index >= 15 is 0 Å². The van der Waals surface area contributed by atoms with E-state index in [1.165, 1.54) is 0 Å². The molecule has 1 aromatic carbocycles. The Morgan fingerprint density at radius 3 is 2.61 bits per heavy atom. The number of esters is 1. The van der Waals surface area contributed by atoms with Gasteiger partial charge in [0.15, 0.2) is 5.11 Å². The molecule has 0 radical (unpaired) electrons. The molecule has 0 spiro atoms. The lowest BCUT2D eigenvalue weighted by molar-refractivity contribution is -0.147. The third-order valence-electron chi connectivity index (χ3n) is 4.95. The minimum Gasteiger partial charge on any atom is -0.491 e. The first-order valence-electron chi connectivity index (χ1n) is 11.2. The average molecular weight is 480 g/mol. The standard InChI is InChI=1S/C23H33N3O6S/c1-4-30-13-14-31-18-7-5-17(6-8-18)21(28)25-23(33)26-11-10-24-22(29)19(26)15-20(27)32-12-9-16(2)3/h5-8,16,19H,4,9-15H2,1-3H3,(H,24,29)(H,25,28,33). The minimum absolute atomic E-state index is 0.0897. The van der Waals surface area contributed by atoms with E-state index in [0.717, 1.165) is 6.42 Å². The molecule has 1 aromatic rings. The molecule has 0 saturated carbocycles. The van der Waals surface area contributed by atoms with Crippen molar-refractivity contribution in [3.63, 3.8) is 0 Å². The second-order valence-corrected chi connectivity index (χ2v) is 8.32. The molecule has 10 heteroatoms. The van der Waals surface area contributed by atoms with Gasteiger partial charge in [-0.1, -0.05) is 13.8 Å². The number of carbonyl (C=O) groups is 3. The molecule has 1 unspecified atom stereocenters. The molecule has 1 heterocycles. The first kappa shape index (κ1) is 26.5. The van der Waals surface area contributed by atoms with Gasteiger partial charge in [-0.25, -0.2) is 0 Å². The largest absolute Gasteiger partial charge is 0.491 e. The molecule has 0 aromatic heterocycles. The van der Waals surface area contributed by atoms with E-state index in [1.807, 2.05) is 20.8 Å². The fourth-order valence-electron chi connectivity index (χ4n) is 3.09. The minimum atomic E-state index is -0.834. The van der Waals surface area contributed by atoms with Crippen LogP contribution in [0.25, 0.3) is 0 Å². The summed E-state index contributed by atoms with van der Waals surface area (Å²) in [5, 5.41) is 5.47. The SMILES string of the molecule is CCOCCOc1ccc(C(=O)NC(=S)N2CCNC(=O)C2CC(=O)OCCC(C)C)cc1. The molecular weight excluding hydrogens is 446 g/mol. The maximum Gasteiger partial charge on any atom is 0.308 e. The van der Waals surface area contributed by atoms with Crippen molar-refractivity contribution < 1.29 is 28.6 Å². The van der Waals surface area contributed by atoms with Crippen molar-refractivity contribution in [2.45, 2.75) is 39.7 Å². The predicted molar refractivity (Wildman–Crippen MR) is 127 cm³/mol. The number of benzene rings is 1. The Morgan fingerprint density at radius 2 is 1.94 bits per heavy atom. The molecule has 1 fully saturated rings. The second kappa shape index (κ2) is 13.7. The third kappa shape index (κ3) is 8.97. The van der Waals surface area contributed by atoms with Crippen LogP contribution in [-0.2, 0) is 19.1 Å². The molecule has 2 amide bonds. The fraction of sp³-hybridized carbons (Fsp3) is 0.565. The highest BCUT2D eigenvalue weighted by atomic mass is 32.1. The molecule has 182 valence electrons. The molecule has 1 aliphatic rings. The van der Waals surface area contributed by atoms with E-state index in [9.17, 15) is 14.4 Å². The quantitative estimate of drug-likeness (QED) is 0.282. The van der Waals surface area contributed by atoms with Gasteiger partial charge in [0, 0.05) is 25.3 Å². The van der Waals surface area contributed by atoms with E-state index in [4.69, 9.17) is 26.4 Å². The van der Waals surface area contributed by atoms with Crippen molar-refractivity contribution in [3.8, 4) is 5.75 Å². The van der Waals surface area contributed by atoms with Gasteiger partial charge in [0.1, 0.15) is 18.4 Å². The van der Waals surface area contributed by atoms with Crippen molar-refractivity contribution in [2.24, 2.45) is 5.92 Å². The van der Waals surface area contributed by atoms with E-state index in [-0.39, 0.29) is 17.4 Å². The molecule has 1 aliphatic heterocycles. The van der Waals surface area contributed by atoms with Gasteiger partial charge in [0.05, 0.1) is 19.6 Å². The molecule has 9 nitrogen and oxygen atoms in total. The molecule has 33 heavy (non-hydrogen) atoms. The number of rotatable bonds is 11. The summed E-state index contributed by atoms with van der Waals surface area (Å²) in [5.74, 6) is -0.183. The zero-order chi connectivity index (χ0) is 24.2. The average Bonchev–Trinajstić information content (AvgIpc) is 2.78. The number of piperazine rings is 1. The lowest BCUT2D eigenvalue weighted by Gasteiger charge is -2.36. The maximum absolute atomic E-state index is 12.6. The smallest absolute Gasteiger partial charge is 0.308 e. The molecule has 0 aliphatic carbocycles. The third-order valence-corrected chi connectivity index (χ3v) is 5.28. The number of carbonyl (C=O) groups excluding carboxylic acids is 3. The normalized spacial score (nSPS) is 15.7. The highest BCUT2D eigenvalue weighted by Gasteiger charge is 2.34. The van der Waals surface area contributed by atoms with Gasteiger partial charge < -0.3 is 24.4 Å². The summed E-state index contributed by atoms with van der Waals surface area (Å²) in [5.41, 5.74) is 0.389. The number of nitrogens with zero attached hydrogens (tertiary/aromatic N) is 1. The molecule has 1 saturated heterocycles. The lowest BCUT2D eigenvalue weighted by atomic mass is 10.1. The number of thiocarbonyl (C=S) groups is 1. The first-order chi connectivity index (χ1) is 15.8. The van der Waals surface area contributed by atoms with Gasteiger partial charge >= 0.3 is 5.97 Å². The lowest BCUT2D eigenvalue weighted by Crippen LogP contribution is -2.60. The Morgan fingerprint density at radius 1 is 1.21 bits per heavy atom. The summed E-state index contributed by atoms with van der Waals surface area (Å²) >= 11 is 5.39. The fourth-order valence-corrected chi connectivity index (χ4v) is 3.40. The Balaban J connectivity index is 1.92. The van der Waals surface area contributed by atoms with Crippen LogP contribution >= 0.6 is 12.2 Å². The van der Waals surface area contributed by atoms with Crippen LogP contribution in [0.3, 0.4) is 0 Å². The van der Waals surface area contributed by atoms with Crippen LogP contribution in [0.4, 0.5) is 0 Å². The van der Waals surface area contributed by atoms with Crippen LogP contribution in [0, 0.1) is 5.92 Å². The van der Waals surface area contributed by atoms with Gasteiger partial charge in [-0.05, 0) is 55.7 Å². The molecule has 1 atom stereocenters. The summed E-state index contributed by atoms with van der Waals surface area (Å²) in [6.07, 6.45) is 0.602. The molecule has 2 rings (SSSR count). The summed E-state index contributed by atoms with van der Waals surface area (Å²) in [6.45, 7) is 8.56. The van der Waals surface area contributed by atoms with E-state index in [0.29, 0.717) is 56.7 Å². The Labute approximate surface area is 200 Å². The second-order valence-electron chi connectivity index (χ2n) is 7.94. The van der Waals surface area contributed by atoms with Crippen LogP contribution in [0.5, 0.6) is 5.75 Å². The summed E-state index contributed by atoms with van der Waals surface area (Å²) in [6, 6.07) is 5.79. The topological polar surface area (TPSA) is 106 Å². The van der Waals surface area contributed by atoms with Crippen molar-refractivity contribution >= 4 is 35.1 Å². The number of nitrogens with one attached hydrogen (secondary N) is 2. The molecule has 2 N–H and O–H groups in total. The van der Waals surface area contributed by atoms with Crippen LogP contribution in [0.1, 0.15) is 44.0 Å². The maximum atomic E-state index is 12.6. The summed E-state index contributed by atoms with van der Waals surface area (Å²) < 4.78 is 16.0. The zero-order valence-corrected chi connectivity index (χ0v) is 20.2. The molecular formula is C23H33N3O6S.